The number of primary amides is 1. The van der Waals surface area contributed by atoms with Gasteiger partial charge in [-0.3, -0.25) is 4.79 Å². The number of rotatable bonds is 8. The van der Waals surface area contributed by atoms with Crippen molar-refractivity contribution in [3.8, 4) is 0 Å². The quantitative estimate of drug-likeness (QED) is 0.716. The van der Waals surface area contributed by atoms with E-state index in [2.05, 4.69) is 37.9 Å². The molecule has 0 aromatic heterocycles. The molecule has 0 radical (unpaired) electrons. The molecule has 1 heterocycles. The predicted molar refractivity (Wildman–Crippen MR) is 84.5 cm³/mol. The lowest BCUT2D eigenvalue weighted by molar-refractivity contribution is -0.124. The Morgan fingerprint density at radius 2 is 2.10 bits per heavy atom. The van der Waals surface area contributed by atoms with Crippen molar-refractivity contribution in [1.29, 1.82) is 0 Å². The first-order valence-electron chi connectivity index (χ1n) is 8.09. The van der Waals surface area contributed by atoms with Crippen LogP contribution in [0.5, 0.6) is 0 Å². The van der Waals surface area contributed by atoms with Crippen LogP contribution in [0.15, 0.2) is 0 Å². The summed E-state index contributed by atoms with van der Waals surface area (Å²) in [6.45, 7) is 14.0. The first-order chi connectivity index (χ1) is 9.30. The van der Waals surface area contributed by atoms with Gasteiger partial charge in [0.1, 0.15) is 0 Å². The van der Waals surface area contributed by atoms with Gasteiger partial charge in [-0.2, -0.15) is 0 Å². The van der Waals surface area contributed by atoms with Gasteiger partial charge in [0.15, 0.2) is 0 Å². The maximum Gasteiger partial charge on any atom is 0.237 e. The fourth-order valence-corrected chi connectivity index (χ4v) is 3.14. The van der Waals surface area contributed by atoms with Crippen LogP contribution in [0.4, 0.5) is 0 Å². The zero-order valence-corrected chi connectivity index (χ0v) is 13.9. The SMILES string of the molecule is CCCNC(C)(CC(C)N1CCC(C(C)C)C1)C(N)=O. The summed E-state index contributed by atoms with van der Waals surface area (Å²) >= 11 is 0. The van der Waals surface area contributed by atoms with Crippen LogP contribution in [0.25, 0.3) is 0 Å². The van der Waals surface area contributed by atoms with Crippen LogP contribution in [-0.2, 0) is 4.79 Å². The molecule has 0 aromatic rings. The number of nitrogens with two attached hydrogens (primary N) is 1. The van der Waals surface area contributed by atoms with Crippen molar-refractivity contribution in [2.75, 3.05) is 19.6 Å². The average Bonchev–Trinajstić information content (AvgIpc) is 2.86. The van der Waals surface area contributed by atoms with E-state index in [-0.39, 0.29) is 5.91 Å². The van der Waals surface area contributed by atoms with Crippen LogP contribution in [0, 0.1) is 11.8 Å². The monoisotopic (exact) mass is 283 g/mol. The molecule has 1 aliphatic heterocycles. The Kier molecular flexibility index (Phi) is 6.46. The molecule has 118 valence electrons. The molecule has 0 saturated carbocycles. The van der Waals surface area contributed by atoms with Crippen molar-refractivity contribution < 1.29 is 4.79 Å². The van der Waals surface area contributed by atoms with Crippen LogP contribution in [0.1, 0.15) is 53.9 Å². The van der Waals surface area contributed by atoms with Gasteiger partial charge in [0.05, 0.1) is 5.54 Å². The van der Waals surface area contributed by atoms with Gasteiger partial charge in [-0.05, 0) is 58.0 Å². The van der Waals surface area contributed by atoms with E-state index in [0.717, 1.165) is 44.3 Å². The highest BCUT2D eigenvalue weighted by molar-refractivity contribution is 5.84. The molecule has 3 unspecified atom stereocenters. The second kappa shape index (κ2) is 7.41. The molecule has 3 N–H and O–H groups in total. The number of hydrogen-bond acceptors (Lipinski definition) is 3. The highest BCUT2D eigenvalue weighted by atomic mass is 16.1. The molecule has 0 aromatic carbocycles. The molecule has 20 heavy (non-hydrogen) atoms. The molecule has 1 saturated heterocycles. The van der Waals surface area contributed by atoms with Gasteiger partial charge < -0.3 is 16.0 Å². The van der Waals surface area contributed by atoms with Crippen LogP contribution < -0.4 is 11.1 Å². The normalized spacial score (nSPS) is 24.8. The minimum Gasteiger partial charge on any atom is -0.368 e. The van der Waals surface area contributed by atoms with E-state index in [1.165, 1.54) is 6.42 Å². The van der Waals surface area contributed by atoms with E-state index in [0.29, 0.717) is 6.04 Å². The minimum absolute atomic E-state index is 0.239. The topological polar surface area (TPSA) is 58.4 Å². The van der Waals surface area contributed by atoms with Crippen molar-refractivity contribution in [3.05, 3.63) is 0 Å². The Balaban J connectivity index is 2.58. The number of carbonyl (C=O) groups is 1. The maximum atomic E-state index is 11.8. The number of amides is 1. The first-order valence-corrected chi connectivity index (χ1v) is 8.09. The average molecular weight is 283 g/mol. The summed E-state index contributed by atoms with van der Waals surface area (Å²) < 4.78 is 0. The van der Waals surface area contributed by atoms with E-state index in [1.54, 1.807) is 0 Å². The summed E-state index contributed by atoms with van der Waals surface area (Å²) in [7, 11) is 0. The summed E-state index contributed by atoms with van der Waals surface area (Å²) in [4.78, 5) is 14.3. The predicted octanol–water partition coefficient (Wildman–Crippen LogP) is 1.99. The van der Waals surface area contributed by atoms with Crippen molar-refractivity contribution in [1.82, 2.24) is 10.2 Å². The summed E-state index contributed by atoms with van der Waals surface area (Å²) in [6.07, 6.45) is 3.07. The lowest BCUT2D eigenvalue weighted by atomic mass is 9.91. The molecule has 1 rings (SSSR count). The Labute approximate surface area is 124 Å². The lowest BCUT2D eigenvalue weighted by Crippen LogP contribution is -2.56. The van der Waals surface area contributed by atoms with Crippen LogP contribution in [0.2, 0.25) is 0 Å². The number of likely N-dealkylation sites (tertiary alicyclic amines) is 1. The fraction of sp³-hybridized carbons (Fsp3) is 0.938. The van der Waals surface area contributed by atoms with E-state index < -0.39 is 5.54 Å². The Morgan fingerprint density at radius 1 is 1.45 bits per heavy atom. The lowest BCUT2D eigenvalue weighted by Gasteiger charge is -2.34. The van der Waals surface area contributed by atoms with E-state index in [1.807, 2.05) is 6.92 Å². The van der Waals surface area contributed by atoms with E-state index in [4.69, 9.17) is 5.73 Å². The molecule has 1 aliphatic rings. The standard InChI is InChI=1S/C16H33N3O/c1-6-8-18-16(5,15(17)20)10-13(4)19-9-7-14(11-19)12(2)3/h12-14,18H,6-11H2,1-5H3,(H2,17,20). The summed E-state index contributed by atoms with van der Waals surface area (Å²) in [5.74, 6) is 1.30. The van der Waals surface area contributed by atoms with Gasteiger partial charge in [-0.1, -0.05) is 20.8 Å². The van der Waals surface area contributed by atoms with E-state index in [9.17, 15) is 4.79 Å². The van der Waals surface area contributed by atoms with Crippen LogP contribution in [0.3, 0.4) is 0 Å². The van der Waals surface area contributed by atoms with Gasteiger partial charge >= 0.3 is 0 Å². The Hall–Kier alpha value is -0.610. The minimum atomic E-state index is -0.592. The summed E-state index contributed by atoms with van der Waals surface area (Å²) in [5, 5.41) is 3.33. The number of carbonyl (C=O) groups excluding carboxylic acids is 1. The second-order valence-electron chi connectivity index (χ2n) is 6.96. The van der Waals surface area contributed by atoms with Crippen molar-refractivity contribution >= 4 is 5.91 Å². The Bertz CT molecular complexity index is 319. The molecule has 3 atom stereocenters. The molecule has 4 heteroatoms. The number of nitrogens with one attached hydrogen (secondary N) is 1. The van der Waals surface area contributed by atoms with E-state index >= 15 is 0 Å². The molecule has 1 fully saturated rings. The molecule has 4 nitrogen and oxygen atoms in total. The Morgan fingerprint density at radius 3 is 2.55 bits per heavy atom. The van der Waals surface area contributed by atoms with Gasteiger partial charge in [0.25, 0.3) is 0 Å². The highest BCUT2D eigenvalue weighted by Gasteiger charge is 2.36. The summed E-state index contributed by atoms with van der Waals surface area (Å²) in [6, 6.07) is 0.389. The molecular formula is C16H33N3O. The van der Waals surface area contributed by atoms with Gasteiger partial charge in [0.2, 0.25) is 5.91 Å². The molecule has 0 bridgehead atoms. The maximum absolute atomic E-state index is 11.8. The third kappa shape index (κ3) is 4.45. The fourth-order valence-electron chi connectivity index (χ4n) is 3.14. The van der Waals surface area contributed by atoms with Crippen molar-refractivity contribution in [2.45, 2.75) is 65.5 Å². The zero-order valence-electron chi connectivity index (χ0n) is 13.9. The van der Waals surface area contributed by atoms with Gasteiger partial charge in [-0.25, -0.2) is 0 Å². The molecular weight excluding hydrogens is 250 g/mol. The smallest absolute Gasteiger partial charge is 0.237 e. The van der Waals surface area contributed by atoms with Crippen LogP contribution >= 0.6 is 0 Å². The number of nitrogens with zero attached hydrogens (tertiary/aromatic N) is 1. The first kappa shape index (κ1) is 17.4. The molecule has 0 spiro atoms. The largest absolute Gasteiger partial charge is 0.368 e. The number of hydrogen-bond donors (Lipinski definition) is 2. The summed E-state index contributed by atoms with van der Waals surface area (Å²) in [5.41, 5.74) is 5.02. The highest BCUT2D eigenvalue weighted by Crippen LogP contribution is 2.27. The third-order valence-electron chi connectivity index (χ3n) is 4.83. The van der Waals surface area contributed by atoms with Crippen molar-refractivity contribution in [3.63, 3.8) is 0 Å². The molecule has 1 amide bonds. The third-order valence-corrected chi connectivity index (χ3v) is 4.83. The van der Waals surface area contributed by atoms with Crippen LogP contribution in [-0.4, -0.2) is 42.0 Å². The zero-order chi connectivity index (χ0) is 15.3. The van der Waals surface area contributed by atoms with Gasteiger partial charge in [0, 0.05) is 12.6 Å². The van der Waals surface area contributed by atoms with Gasteiger partial charge in [-0.15, -0.1) is 0 Å². The molecule has 0 aliphatic carbocycles. The second-order valence-corrected chi connectivity index (χ2v) is 6.96. The van der Waals surface area contributed by atoms with Crippen molar-refractivity contribution in [2.24, 2.45) is 17.6 Å².